The summed E-state index contributed by atoms with van der Waals surface area (Å²) >= 11 is 0. The number of hydrogen-bond acceptors (Lipinski definition) is 6. The molecule has 0 spiro atoms. The number of fused-ring (bicyclic) bond motifs is 1. The Balaban J connectivity index is 2.14. The first-order valence-electron chi connectivity index (χ1n) is 9.26. The minimum absolute atomic E-state index is 0.00541. The summed E-state index contributed by atoms with van der Waals surface area (Å²) in [6.45, 7) is 1.92. The number of carbonyl (C=O) groups excluding carboxylic acids is 2. The van der Waals surface area contributed by atoms with Gasteiger partial charge in [-0.3, -0.25) is 4.98 Å². The number of rotatable bonds is 4. The lowest BCUT2D eigenvalue weighted by molar-refractivity contribution is 0.0549. The van der Waals surface area contributed by atoms with Gasteiger partial charge in [0.05, 0.1) is 25.4 Å². The number of methoxy groups -OCH3 is 2. The van der Waals surface area contributed by atoms with Crippen molar-refractivity contribution < 1.29 is 19.1 Å². The Labute approximate surface area is 172 Å². The number of benzene rings is 2. The maximum absolute atomic E-state index is 12.8. The summed E-state index contributed by atoms with van der Waals surface area (Å²) in [4.78, 5) is 30.0. The zero-order chi connectivity index (χ0) is 21.3. The molecule has 0 saturated heterocycles. The summed E-state index contributed by atoms with van der Waals surface area (Å²) in [5, 5.41) is 5.50. The molecule has 0 radical (unpaired) electrons. The average Bonchev–Trinajstić information content (AvgIpc) is 3.18. The highest BCUT2D eigenvalue weighted by molar-refractivity contribution is 6.09. The number of hydrogen-bond donors (Lipinski definition) is 0. The normalized spacial score (nSPS) is 10.8. The van der Waals surface area contributed by atoms with Crippen LogP contribution >= 0.6 is 0 Å². The first-order valence-corrected chi connectivity index (χ1v) is 9.26. The highest BCUT2D eigenvalue weighted by Gasteiger charge is 2.32. The fraction of sp³-hybridized carbons (Fsp3) is 0.130. The molecule has 0 amide bonds. The molecule has 0 atom stereocenters. The predicted molar refractivity (Wildman–Crippen MR) is 112 cm³/mol. The van der Waals surface area contributed by atoms with Crippen LogP contribution in [0, 0.1) is 6.92 Å². The van der Waals surface area contributed by atoms with Crippen molar-refractivity contribution in [3.8, 4) is 16.9 Å². The van der Waals surface area contributed by atoms with Crippen LogP contribution in [0.4, 0.5) is 0 Å². The molecule has 2 aromatic carbocycles. The summed E-state index contributed by atoms with van der Waals surface area (Å²) in [5.74, 6) is -1.36. The number of aryl methyl sites for hydroxylation is 1. The van der Waals surface area contributed by atoms with E-state index in [0.29, 0.717) is 16.9 Å². The average molecular weight is 401 g/mol. The van der Waals surface area contributed by atoms with Gasteiger partial charge >= 0.3 is 11.9 Å². The first-order chi connectivity index (χ1) is 14.6. The van der Waals surface area contributed by atoms with Gasteiger partial charge in [-0.05, 0) is 36.8 Å². The first kappa shape index (κ1) is 19.3. The summed E-state index contributed by atoms with van der Waals surface area (Å²) in [5.41, 5.74) is 3.35. The van der Waals surface area contributed by atoms with Crippen molar-refractivity contribution in [2.45, 2.75) is 6.92 Å². The van der Waals surface area contributed by atoms with Crippen molar-refractivity contribution in [3.63, 3.8) is 0 Å². The lowest BCUT2D eigenvalue weighted by Crippen LogP contribution is -2.15. The minimum Gasteiger partial charge on any atom is -0.465 e. The SMILES string of the molecule is COC(=O)c1c(-c2c(C)ccc3ncccc23)nn(-c2ccccc2)c1C(=O)OC. The van der Waals surface area contributed by atoms with Crippen molar-refractivity contribution in [2.75, 3.05) is 14.2 Å². The molecule has 0 bridgehead atoms. The zero-order valence-electron chi connectivity index (χ0n) is 16.7. The van der Waals surface area contributed by atoms with Crippen LogP contribution in [0.5, 0.6) is 0 Å². The van der Waals surface area contributed by atoms with Crippen LogP contribution in [0.3, 0.4) is 0 Å². The number of aromatic nitrogens is 3. The van der Waals surface area contributed by atoms with Crippen LogP contribution in [0.15, 0.2) is 60.8 Å². The molecule has 0 saturated carbocycles. The summed E-state index contributed by atoms with van der Waals surface area (Å²) in [6, 6.07) is 16.6. The molecule has 2 aromatic heterocycles. The maximum Gasteiger partial charge on any atom is 0.357 e. The Hall–Kier alpha value is -4.00. The number of esters is 2. The van der Waals surface area contributed by atoms with Gasteiger partial charge in [0.25, 0.3) is 0 Å². The smallest absolute Gasteiger partial charge is 0.357 e. The monoisotopic (exact) mass is 401 g/mol. The molecule has 0 aliphatic heterocycles. The van der Waals surface area contributed by atoms with Crippen molar-refractivity contribution >= 4 is 22.8 Å². The fourth-order valence-corrected chi connectivity index (χ4v) is 3.51. The third kappa shape index (κ3) is 3.10. The van der Waals surface area contributed by atoms with E-state index in [0.717, 1.165) is 16.5 Å². The van der Waals surface area contributed by atoms with Crippen molar-refractivity contribution in [1.29, 1.82) is 0 Å². The molecule has 4 rings (SSSR count). The highest BCUT2D eigenvalue weighted by Crippen LogP contribution is 2.35. The second-order valence-electron chi connectivity index (χ2n) is 6.63. The second-order valence-corrected chi connectivity index (χ2v) is 6.63. The van der Waals surface area contributed by atoms with E-state index in [1.807, 2.05) is 49.4 Å². The van der Waals surface area contributed by atoms with E-state index in [1.165, 1.54) is 18.9 Å². The summed E-state index contributed by atoms with van der Waals surface area (Å²) in [7, 11) is 2.53. The van der Waals surface area contributed by atoms with Gasteiger partial charge in [-0.15, -0.1) is 0 Å². The van der Waals surface area contributed by atoms with E-state index in [9.17, 15) is 9.59 Å². The Morgan fingerprint density at radius 3 is 2.33 bits per heavy atom. The van der Waals surface area contributed by atoms with Crippen LogP contribution in [-0.4, -0.2) is 40.9 Å². The van der Waals surface area contributed by atoms with Gasteiger partial charge in [0.1, 0.15) is 11.3 Å². The van der Waals surface area contributed by atoms with Gasteiger partial charge < -0.3 is 9.47 Å². The van der Waals surface area contributed by atoms with Crippen LogP contribution in [0.1, 0.15) is 26.4 Å². The van der Waals surface area contributed by atoms with Crippen molar-refractivity contribution in [1.82, 2.24) is 14.8 Å². The third-order valence-corrected chi connectivity index (χ3v) is 4.88. The number of pyridine rings is 1. The van der Waals surface area contributed by atoms with Crippen LogP contribution in [-0.2, 0) is 9.47 Å². The molecule has 0 N–H and O–H groups in total. The molecular weight excluding hydrogens is 382 g/mol. The fourth-order valence-electron chi connectivity index (χ4n) is 3.51. The highest BCUT2D eigenvalue weighted by atomic mass is 16.5. The molecule has 2 heterocycles. The standard InChI is InChI=1S/C23H19N3O4/c1-14-11-12-17-16(10-7-13-24-17)18(14)20-19(22(27)29-2)21(23(28)30-3)26(25-20)15-8-5-4-6-9-15/h4-13H,1-3H3. The van der Waals surface area contributed by atoms with E-state index in [1.54, 1.807) is 18.3 Å². The molecule has 0 fully saturated rings. The molecule has 30 heavy (non-hydrogen) atoms. The van der Waals surface area contributed by atoms with E-state index >= 15 is 0 Å². The number of ether oxygens (including phenoxy) is 2. The van der Waals surface area contributed by atoms with Crippen molar-refractivity contribution in [2.24, 2.45) is 0 Å². The zero-order valence-corrected chi connectivity index (χ0v) is 16.7. The second kappa shape index (κ2) is 7.79. The van der Waals surface area contributed by atoms with Gasteiger partial charge in [0, 0.05) is 17.1 Å². The number of nitrogens with zero attached hydrogens (tertiary/aromatic N) is 3. The van der Waals surface area contributed by atoms with Gasteiger partial charge in [-0.25, -0.2) is 14.3 Å². The maximum atomic E-state index is 12.8. The van der Waals surface area contributed by atoms with Crippen molar-refractivity contribution in [3.05, 3.63) is 77.6 Å². The lowest BCUT2D eigenvalue weighted by Gasteiger charge is -2.09. The van der Waals surface area contributed by atoms with Crippen LogP contribution in [0.25, 0.3) is 27.8 Å². The lowest BCUT2D eigenvalue weighted by atomic mass is 9.96. The van der Waals surface area contributed by atoms with Crippen LogP contribution < -0.4 is 0 Å². The Bertz CT molecular complexity index is 1260. The van der Waals surface area contributed by atoms with E-state index in [2.05, 4.69) is 10.1 Å². The van der Waals surface area contributed by atoms with E-state index < -0.39 is 11.9 Å². The predicted octanol–water partition coefficient (Wildman–Crippen LogP) is 3.97. The number of para-hydroxylation sites is 1. The minimum atomic E-state index is -0.686. The molecule has 7 heteroatoms. The molecule has 150 valence electrons. The van der Waals surface area contributed by atoms with E-state index in [4.69, 9.17) is 9.47 Å². The molecule has 4 aromatic rings. The Kier molecular flexibility index (Phi) is 5.02. The number of carbonyl (C=O) groups is 2. The molecule has 0 aliphatic carbocycles. The Morgan fingerprint density at radius 1 is 0.900 bits per heavy atom. The van der Waals surface area contributed by atoms with Gasteiger partial charge in [-0.2, -0.15) is 5.10 Å². The largest absolute Gasteiger partial charge is 0.465 e. The molecule has 0 aliphatic rings. The van der Waals surface area contributed by atoms with Gasteiger partial charge in [0.2, 0.25) is 0 Å². The van der Waals surface area contributed by atoms with Gasteiger partial charge in [-0.1, -0.05) is 30.3 Å². The van der Waals surface area contributed by atoms with E-state index in [-0.39, 0.29) is 11.3 Å². The Morgan fingerprint density at radius 2 is 1.63 bits per heavy atom. The van der Waals surface area contributed by atoms with Gasteiger partial charge in [0.15, 0.2) is 5.69 Å². The molecular formula is C23H19N3O4. The molecule has 7 nitrogen and oxygen atoms in total. The summed E-state index contributed by atoms with van der Waals surface area (Å²) < 4.78 is 11.4. The topological polar surface area (TPSA) is 83.3 Å². The molecule has 0 unspecified atom stereocenters. The van der Waals surface area contributed by atoms with Crippen LogP contribution in [0.2, 0.25) is 0 Å². The quantitative estimate of drug-likeness (QED) is 0.481. The third-order valence-electron chi connectivity index (χ3n) is 4.88. The summed E-state index contributed by atoms with van der Waals surface area (Å²) in [6.07, 6.45) is 1.70.